The Morgan fingerprint density at radius 2 is 0.830 bits per heavy atom. The van der Waals surface area contributed by atoms with E-state index in [0.29, 0.717) is 22.9 Å². The second kappa shape index (κ2) is 25.3. The van der Waals surface area contributed by atoms with Gasteiger partial charge in [-0.15, -0.1) is 90.0 Å². The number of fused-ring (bicyclic) bond motifs is 8. The van der Waals surface area contributed by atoms with E-state index in [1.54, 1.807) is 37.2 Å². The van der Waals surface area contributed by atoms with Crippen LogP contribution in [0.5, 0.6) is 0 Å². The molecule has 94 heavy (non-hydrogen) atoms. The minimum Gasteiger partial charge on any atom is -0.481 e. The Kier molecular flexibility index (Phi) is 15.9. The molecule has 0 aliphatic rings. The second-order valence-corrected chi connectivity index (χ2v) is 22.1. The van der Waals surface area contributed by atoms with Crippen LogP contribution in [0.4, 0.5) is 0 Å². The molecule has 0 fully saturated rings. The van der Waals surface area contributed by atoms with Crippen LogP contribution in [0.25, 0.3) is 167 Å². The minimum absolute atomic E-state index is 0. The maximum absolute atomic E-state index is 6.34. The van der Waals surface area contributed by atoms with Crippen LogP contribution < -0.4 is 0 Å². The molecule has 0 saturated carbocycles. The van der Waals surface area contributed by atoms with Gasteiger partial charge in [0.2, 0.25) is 0 Å². The molecule has 0 radical (unpaired) electrons. The Hall–Kier alpha value is -11.4. The maximum atomic E-state index is 6.34. The van der Waals surface area contributed by atoms with Crippen LogP contribution in [0.2, 0.25) is 0 Å². The fraction of sp³-hybridized carbons (Fsp3) is 0. The second-order valence-electron chi connectivity index (χ2n) is 22.1. The summed E-state index contributed by atoms with van der Waals surface area (Å²) in [5.41, 5.74) is 22.0. The number of rotatable bonds is 10. The Labute approximate surface area is 567 Å². The van der Waals surface area contributed by atoms with E-state index in [4.69, 9.17) is 18.8 Å². The Bertz CT molecular complexity index is 5710. The molecule has 14 heteroatoms. The summed E-state index contributed by atoms with van der Waals surface area (Å²) >= 11 is 0. The number of benzene rings is 8. The monoisotopic (exact) mass is 1570 g/mol. The molecule has 0 aliphatic carbocycles. The first-order valence-corrected chi connectivity index (χ1v) is 29.9. The standard InChI is InChI=1S/2C40H23N5O.2Pt/c1-2-19-43-35(10-1)28-6-3-9-32(20-28)45-37-15-12-26(30-7-4-17-41-24-30)21-34(37)33-14-11-29(23-38(33)45)40-44-36-22-27(13-16-39(36)46-40)31-8-5-18-42-25-31;1-2-11-37-33(9-1)34-14-12-27(40-44-36-15-13-26(23-39(36)46-40)28-7-5-16-41-24-28)22-38(34)45(37)32-20-30(29-8-6-17-42-25-29)19-31(21-32)35-10-3-4-18-43-35;;/h1-19,21-22,24-25H;1-20,23-25H;;/q2*-2;2*+2. The Morgan fingerprint density at radius 1 is 0.298 bits per heavy atom. The van der Waals surface area contributed by atoms with Gasteiger partial charge in [0, 0.05) is 84.1 Å². The average Bonchev–Trinajstić information content (AvgIpc) is 1.62. The molecule has 12 nitrogen and oxygen atoms in total. The van der Waals surface area contributed by atoms with E-state index in [2.05, 4.69) is 148 Å². The number of nitrogens with zero attached hydrogens (tertiary/aromatic N) is 10. The fourth-order valence-corrected chi connectivity index (χ4v) is 12.1. The largest absolute Gasteiger partial charge is 2.00 e. The third-order valence-corrected chi connectivity index (χ3v) is 16.5. The van der Waals surface area contributed by atoms with Gasteiger partial charge in [0.1, 0.15) is 22.9 Å². The number of oxazole rings is 2. The predicted molar refractivity (Wildman–Crippen MR) is 362 cm³/mol. The van der Waals surface area contributed by atoms with Crippen molar-refractivity contribution in [1.29, 1.82) is 0 Å². The predicted octanol–water partition coefficient (Wildman–Crippen LogP) is 18.8. The van der Waals surface area contributed by atoms with E-state index >= 15 is 0 Å². The molecule has 10 heterocycles. The normalized spacial score (nSPS) is 11.2. The summed E-state index contributed by atoms with van der Waals surface area (Å²) in [7, 11) is 0. The zero-order valence-corrected chi connectivity index (χ0v) is 54.0. The van der Waals surface area contributed by atoms with Gasteiger partial charge in [-0.25, -0.2) is 0 Å². The molecular weight excluding hydrogens is 1520 g/mol. The van der Waals surface area contributed by atoms with Crippen molar-refractivity contribution in [1.82, 2.24) is 49.0 Å². The van der Waals surface area contributed by atoms with Gasteiger partial charge in [0.25, 0.3) is 0 Å². The molecule has 0 atom stereocenters. The van der Waals surface area contributed by atoms with E-state index < -0.39 is 0 Å². The fourth-order valence-electron chi connectivity index (χ4n) is 12.1. The van der Waals surface area contributed by atoms with Crippen molar-refractivity contribution in [3.63, 3.8) is 0 Å². The summed E-state index contributed by atoms with van der Waals surface area (Å²) < 4.78 is 17.0. The van der Waals surface area contributed by atoms with Gasteiger partial charge in [0.05, 0.1) is 11.0 Å². The minimum atomic E-state index is 0. The van der Waals surface area contributed by atoms with Crippen LogP contribution in [0, 0.1) is 24.3 Å². The molecule has 0 N–H and O–H groups in total. The van der Waals surface area contributed by atoms with Crippen LogP contribution in [0.1, 0.15) is 0 Å². The molecule has 448 valence electrons. The first-order valence-electron chi connectivity index (χ1n) is 29.9. The summed E-state index contributed by atoms with van der Waals surface area (Å²) in [4.78, 5) is 36.2. The Morgan fingerprint density at radius 3 is 1.47 bits per heavy atom. The summed E-state index contributed by atoms with van der Waals surface area (Å²) in [5.74, 6) is 1.03. The third kappa shape index (κ3) is 11.1. The SMILES string of the molecule is [Pt+2].[Pt+2].[c-]1c(-c2ccccn2)cc(-c2cccnc2)cc1-n1c2[c-]c(-c3nc4ccc(-c5cccnc5)cc4o3)ccc2c2ccccc21.[c-]1c(-c2ccccn2)cccc1-n1c2[c-]c(-c3nc4cc(-c5cccnc5)ccc4o3)ccc2c2cc(-c3cccnc3)ccc21. The maximum Gasteiger partial charge on any atom is 2.00 e. The smallest absolute Gasteiger partial charge is 0.481 e. The van der Waals surface area contributed by atoms with Crippen LogP contribution in [0.15, 0.2) is 289 Å². The van der Waals surface area contributed by atoms with Crippen LogP contribution >= 0.6 is 0 Å². The van der Waals surface area contributed by atoms with Gasteiger partial charge in [0.15, 0.2) is 0 Å². The molecule has 0 amide bonds. The van der Waals surface area contributed by atoms with Crippen LogP contribution in [-0.4, -0.2) is 49.0 Å². The molecule has 8 aromatic carbocycles. The van der Waals surface area contributed by atoms with Crippen molar-refractivity contribution in [2.75, 3.05) is 0 Å². The van der Waals surface area contributed by atoms with E-state index in [1.165, 1.54) is 0 Å². The summed E-state index contributed by atoms with van der Waals surface area (Å²) in [6.07, 6.45) is 18.2. The van der Waals surface area contributed by atoms with Crippen molar-refractivity contribution in [3.8, 4) is 101 Å². The number of pyridine rings is 6. The number of hydrogen-bond donors (Lipinski definition) is 0. The molecule has 18 aromatic rings. The average molecular weight is 1570 g/mol. The van der Waals surface area contributed by atoms with Gasteiger partial charge in [-0.2, -0.15) is 0 Å². The summed E-state index contributed by atoms with van der Waals surface area (Å²) in [6, 6.07) is 88.2. The van der Waals surface area contributed by atoms with Crippen LogP contribution in [0.3, 0.4) is 0 Å². The third-order valence-electron chi connectivity index (χ3n) is 16.5. The zero-order valence-electron chi connectivity index (χ0n) is 49.5. The van der Waals surface area contributed by atoms with Crippen molar-refractivity contribution >= 4 is 65.8 Å². The molecule has 0 spiro atoms. The van der Waals surface area contributed by atoms with Crippen molar-refractivity contribution in [3.05, 3.63) is 305 Å². The van der Waals surface area contributed by atoms with Gasteiger partial charge in [-0.05, 0) is 145 Å². The van der Waals surface area contributed by atoms with Gasteiger partial charge in [-0.3, -0.25) is 29.9 Å². The zero-order chi connectivity index (χ0) is 60.9. The van der Waals surface area contributed by atoms with Crippen molar-refractivity contribution < 1.29 is 51.0 Å². The topological polar surface area (TPSA) is 139 Å². The first-order chi connectivity index (χ1) is 45.6. The number of para-hydroxylation sites is 1. The van der Waals surface area contributed by atoms with Gasteiger partial charge >= 0.3 is 42.1 Å². The van der Waals surface area contributed by atoms with Crippen molar-refractivity contribution in [2.45, 2.75) is 0 Å². The van der Waals surface area contributed by atoms with Gasteiger partial charge < -0.3 is 27.9 Å². The first kappa shape index (κ1) is 58.9. The van der Waals surface area contributed by atoms with Crippen molar-refractivity contribution in [2.24, 2.45) is 0 Å². The molecule has 0 bridgehead atoms. The van der Waals surface area contributed by atoms with E-state index in [0.717, 1.165) is 144 Å². The van der Waals surface area contributed by atoms with Gasteiger partial charge in [-0.1, -0.05) is 118 Å². The quantitative estimate of drug-likeness (QED) is 0.122. The van der Waals surface area contributed by atoms with Crippen LogP contribution in [-0.2, 0) is 42.1 Å². The molecule has 0 unspecified atom stereocenters. The Balaban J connectivity index is 0.000000152. The molecule has 0 saturated heterocycles. The molecule has 10 aromatic heterocycles. The summed E-state index contributed by atoms with van der Waals surface area (Å²) in [5, 5.41) is 4.37. The number of hydrogen-bond acceptors (Lipinski definition) is 10. The van der Waals surface area contributed by atoms with E-state index in [-0.39, 0.29) is 42.1 Å². The number of aromatic nitrogens is 10. The van der Waals surface area contributed by atoms with E-state index in [1.807, 2.05) is 158 Å². The van der Waals surface area contributed by atoms with E-state index in [9.17, 15) is 0 Å². The molecule has 0 aliphatic heterocycles. The molecule has 18 rings (SSSR count). The molecular formula is C80H46N10O2Pt2. The summed E-state index contributed by atoms with van der Waals surface area (Å²) in [6.45, 7) is 0.